The first-order valence-electron chi connectivity index (χ1n) is 8.35. The Kier molecular flexibility index (Phi) is 5.64. The molecule has 3 nitrogen and oxygen atoms in total. The van der Waals surface area contributed by atoms with Crippen LogP contribution in [0, 0.1) is 13.8 Å². The van der Waals surface area contributed by atoms with Crippen LogP contribution >= 0.6 is 23.2 Å². The van der Waals surface area contributed by atoms with Gasteiger partial charge in [0.05, 0.1) is 21.3 Å². The minimum atomic E-state index is -0.374. The van der Waals surface area contributed by atoms with Crippen molar-refractivity contribution in [1.82, 2.24) is 0 Å². The zero-order chi connectivity index (χ0) is 19.6. The summed E-state index contributed by atoms with van der Waals surface area (Å²) >= 11 is 12.3. The van der Waals surface area contributed by atoms with Crippen molar-refractivity contribution in [3.63, 3.8) is 0 Å². The summed E-state index contributed by atoms with van der Waals surface area (Å²) in [7, 11) is 0. The summed E-state index contributed by atoms with van der Waals surface area (Å²) in [4.78, 5) is 25.8. The van der Waals surface area contributed by atoms with Gasteiger partial charge in [0.1, 0.15) is 0 Å². The number of ketones is 1. The van der Waals surface area contributed by atoms with Gasteiger partial charge in [-0.15, -0.1) is 0 Å². The van der Waals surface area contributed by atoms with E-state index in [9.17, 15) is 9.59 Å². The van der Waals surface area contributed by atoms with Crippen LogP contribution in [0.2, 0.25) is 10.0 Å². The van der Waals surface area contributed by atoms with Crippen molar-refractivity contribution in [2.75, 3.05) is 5.32 Å². The fourth-order valence-corrected chi connectivity index (χ4v) is 3.37. The van der Waals surface area contributed by atoms with E-state index in [2.05, 4.69) is 5.32 Å². The number of anilines is 1. The largest absolute Gasteiger partial charge is 0.321 e. The first-order valence-corrected chi connectivity index (χ1v) is 9.10. The third-order valence-corrected chi connectivity index (χ3v) is 4.86. The van der Waals surface area contributed by atoms with Gasteiger partial charge in [-0.1, -0.05) is 53.5 Å². The van der Waals surface area contributed by atoms with Gasteiger partial charge in [0.15, 0.2) is 5.78 Å². The molecule has 0 radical (unpaired) electrons. The number of benzene rings is 3. The highest BCUT2D eigenvalue weighted by Crippen LogP contribution is 2.29. The van der Waals surface area contributed by atoms with Crippen LogP contribution in [0.15, 0.2) is 60.7 Å². The van der Waals surface area contributed by atoms with Crippen LogP contribution in [-0.2, 0) is 0 Å². The van der Waals surface area contributed by atoms with Gasteiger partial charge in [-0.3, -0.25) is 9.59 Å². The van der Waals surface area contributed by atoms with Gasteiger partial charge in [0.2, 0.25) is 0 Å². The Bertz CT molecular complexity index is 1040. The number of nitrogens with one attached hydrogen (secondary N) is 1. The van der Waals surface area contributed by atoms with Gasteiger partial charge in [-0.25, -0.2) is 0 Å². The third kappa shape index (κ3) is 4.05. The van der Waals surface area contributed by atoms with Gasteiger partial charge in [-0.2, -0.15) is 0 Å². The Balaban J connectivity index is 2.06. The number of carbonyl (C=O) groups excluding carboxylic acids is 2. The molecule has 0 saturated carbocycles. The highest BCUT2D eigenvalue weighted by atomic mass is 35.5. The second-order valence-corrected chi connectivity index (χ2v) is 7.06. The number of halogens is 2. The van der Waals surface area contributed by atoms with Crippen molar-refractivity contribution in [1.29, 1.82) is 0 Å². The van der Waals surface area contributed by atoms with Crippen molar-refractivity contribution in [2.24, 2.45) is 0 Å². The lowest BCUT2D eigenvalue weighted by atomic mass is 9.96. The summed E-state index contributed by atoms with van der Waals surface area (Å²) in [5, 5.41) is 3.56. The quantitative estimate of drug-likeness (QED) is 0.541. The summed E-state index contributed by atoms with van der Waals surface area (Å²) in [5.41, 5.74) is 3.27. The molecule has 0 heterocycles. The zero-order valence-corrected chi connectivity index (χ0v) is 16.4. The Morgan fingerprint density at radius 3 is 1.93 bits per heavy atom. The normalized spacial score (nSPS) is 10.5. The Labute approximate surface area is 167 Å². The van der Waals surface area contributed by atoms with E-state index in [0.29, 0.717) is 32.4 Å². The first-order chi connectivity index (χ1) is 12.9. The van der Waals surface area contributed by atoms with E-state index < -0.39 is 0 Å². The second kappa shape index (κ2) is 7.95. The maximum atomic E-state index is 13.1. The molecule has 136 valence electrons. The average molecular weight is 398 g/mol. The minimum absolute atomic E-state index is 0.248. The van der Waals surface area contributed by atoms with Gasteiger partial charge in [0, 0.05) is 11.1 Å². The van der Waals surface area contributed by atoms with Crippen LogP contribution in [0.3, 0.4) is 0 Å². The lowest BCUT2D eigenvalue weighted by Gasteiger charge is -2.16. The topological polar surface area (TPSA) is 46.2 Å². The van der Waals surface area contributed by atoms with E-state index in [1.54, 1.807) is 54.6 Å². The van der Waals surface area contributed by atoms with Crippen molar-refractivity contribution in [3.05, 3.63) is 98.5 Å². The number of carbonyl (C=O) groups is 2. The van der Waals surface area contributed by atoms with E-state index in [0.717, 1.165) is 11.1 Å². The van der Waals surface area contributed by atoms with E-state index in [1.807, 2.05) is 19.9 Å². The summed E-state index contributed by atoms with van der Waals surface area (Å²) in [5.74, 6) is -0.623. The highest BCUT2D eigenvalue weighted by molar-refractivity contribution is 6.36. The Morgan fingerprint density at radius 2 is 1.33 bits per heavy atom. The molecule has 3 aromatic rings. The fraction of sp³-hybridized carbons (Fsp3) is 0.0909. The first kappa shape index (κ1) is 19.2. The molecule has 0 atom stereocenters. The van der Waals surface area contributed by atoms with Crippen molar-refractivity contribution in [2.45, 2.75) is 13.8 Å². The van der Waals surface area contributed by atoms with Crippen LogP contribution in [0.5, 0.6) is 0 Å². The third-order valence-electron chi connectivity index (χ3n) is 4.20. The molecule has 0 aliphatic heterocycles. The van der Waals surface area contributed by atoms with E-state index in [-0.39, 0.29) is 11.7 Å². The molecule has 0 aliphatic rings. The highest BCUT2D eigenvalue weighted by Gasteiger charge is 2.20. The molecule has 0 aliphatic carbocycles. The molecular formula is C22H17Cl2NO2. The standard InChI is InChI=1S/C22H17Cl2NO2/c1-13-11-14(2)20(25-22(27)16-8-4-6-10-19(16)24)17(12-13)21(26)15-7-3-5-9-18(15)23/h3-12H,1-2H3,(H,25,27). The summed E-state index contributed by atoms with van der Waals surface area (Å²) in [6, 6.07) is 17.3. The van der Waals surface area contributed by atoms with Crippen LogP contribution in [0.1, 0.15) is 37.4 Å². The molecule has 0 aromatic heterocycles. The van der Waals surface area contributed by atoms with Crippen molar-refractivity contribution in [3.8, 4) is 0 Å². The number of hydrogen-bond donors (Lipinski definition) is 1. The van der Waals surface area contributed by atoms with Gasteiger partial charge < -0.3 is 5.32 Å². The smallest absolute Gasteiger partial charge is 0.257 e. The molecule has 0 spiro atoms. The molecule has 5 heteroatoms. The molecular weight excluding hydrogens is 381 g/mol. The van der Waals surface area contributed by atoms with Crippen molar-refractivity contribution < 1.29 is 9.59 Å². The van der Waals surface area contributed by atoms with Crippen LogP contribution < -0.4 is 5.32 Å². The predicted molar refractivity (Wildman–Crippen MR) is 110 cm³/mol. The fourth-order valence-electron chi connectivity index (χ4n) is 2.93. The van der Waals surface area contributed by atoms with Gasteiger partial charge in [0.25, 0.3) is 5.91 Å². The SMILES string of the molecule is Cc1cc(C)c(NC(=O)c2ccccc2Cl)c(C(=O)c2ccccc2Cl)c1. The molecule has 0 unspecified atom stereocenters. The van der Waals surface area contributed by atoms with Crippen LogP contribution in [0.25, 0.3) is 0 Å². The lowest BCUT2D eigenvalue weighted by Crippen LogP contribution is -2.17. The molecule has 0 fully saturated rings. The summed E-state index contributed by atoms with van der Waals surface area (Å²) in [6.07, 6.45) is 0. The Hall–Kier alpha value is -2.62. The van der Waals surface area contributed by atoms with E-state index in [1.165, 1.54) is 0 Å². The van der Waals surface area contributed by atoms with E-state index in [4.69, 9.17) is 23.2 Å². The summed E-state index contributed by atoms with van der Waals surface area (Å²) in [6.45, 7) is 3.74. The van der Waals surface area contributed by atoms with E-state index >= 15 is 0 Å². The maximum Gasteiger partial charge on any atom is 0.257 e. The van der Waals surface area contributed by atoms with Crippen LogP contribution in [-0.4, -0.2) is 11.7 Å². The maximum absolute atomic E-state index is 13.1. The predicted octanol–water partition coefficient (Wildman–Crippen LogP) is 6.09. The minimum Gasteiger partial charge on any atom is -0.321 e. The summed E-state index contributed by atoms with van der Waals surface area (Å²) < 4.78 is 0. The second-order valence-electron chi connectivity index (χ2n) is 6.25. The lowest BCUT2D eigenvalue weighted by molar-refractivity contribution is 0.102. The molecule has 27 heavy (non-hydrogen) atoms. The number of aryl methyl sites for hydroxylation is 2. The average Bonchev–Trinajstić information content (AvgIpc) is 2.63. The molecule has 1 amide bonds. The molecule has 3 rings (SSSR count). The molecule has 3 aromatic carbocycles. The van der Waals surface area contributed by atoms with Crippen molar-refractivity contribution >= 4 is 40.6 Å². The molecule has 1 N–H and O–H groups in total. The van der Waals surface area contributed by atoms with Gasteiger partial charge >= 0.3 is 0 Å². The number of rotatable bonds is 4. The molecule has 0 bridgehead atoms. The van der Waals surface area contributed by atoms with Gasteiger partial charge in [-0.05, 0) is 55.3 Å². The number of hydrogen-bond acceptors (Lipinski definition) is 2. The number of amides is 1. The Morgan fingerprint density at radius 1 is 0.778 bits per heavy atom. The molecule has 0 saturated heterocycles. The zero-order valence-electron chi connectivity index (χ0n) is 14.8. The van der Waals surface area contributed by atoms with Crippen LogP contribution in [0.4, 0.5) is 5.69 Å². The monoisotopic (exact) mass is 397 g/mol.